The molecule has 0 aliphatic rings. The number of nitro benzene ring substituents is 1. The number of nitro groups is 1. The van der Waals surface area contributed by atoms with E-state index in [4.69, 9.17) is 9.47 Å². The van der Waals surface area contributed by atoms with Gasteiger partial charge in [-0.3, -0.25) is 14.9 Å². The lowest BCUT2D eigenvalue weighted by atomic mass is 9.98. The van der Waals surface area contributed by atoms with Crippen LogP contribution < -0.4 is 4.74 Å². The first-order valence-corrected chi connectivity index (χ1v) is 8.68. The molecule has 0 aromatic heterocycles. The Morgan fingerprint density at radius 2 is 1.59 bits per heavy atom. The molecule has 0 saturated heterocycles. The standard InChI is InChI=1S/C22H17NO6/c1-28-20-12-11-17(23(26)27)13-16(20)14-29-22(25)19-10-6-5-9-18(19)21(24)15-7-3-2-4-8-15/h2-13H,14H2,1H3. The Labute approximate surface area is 166 Å². The van der Waals surface area contributed by atoms with E-state index in [-0.39, 0.29) is 29.2 Å². The number of methoxy groups -OCH3 is 1. The van der Waals surface area contributed by atoms with Crippen molar-refractivity contribution in [3.63, 3.8) is 0 Å². The maximum atomic E-state index is 12.8. The molecule has 7 nitrogen and oxygen atoms in total. The second-order valence-corrected chi connectivity index (χ2v) is 6.07. The molecule has 3 aromatic carbocycles. The van der Waals surface area contributed by atoms with Crippen LogP contribution in [0.5, 0.6) is 5.75 Å². The quantitative estimate of drug-likeness (QED) is 0.259. The van der Waals surface area contributed by atoms with Crippen molar-refractivity contribution < 1.29 is 24.0 Å². The van der Waals surface area contributed by atoms with Crippen molar-refractivity contribution in [2.75, 3.05) is 7.11 Å². The minimum atomic E-state index is -0.710. The molecular formula is C22H17NO6. The molecule has 0 spiro atoms. The summed E-state index contributed by atoms with van der Waals surface area (Å²) in [7, 11) is 1.42. The summed E-state index contributed by atoms with van der Waals surface area (Å²) in [6, 6.07) is 19.0. The van der Waals surface area contributed by atoms with Crippen LogP contribution in [0.3, 0.4) is 0 Å². The summed E-state index contributed by atoms with van der Waals surface area (Å²) in [6.07, 6.45) is 0. The Hall–Kier alpha value is -4.00. The molecule has 3 rings (SSSR count). The smallest absolute Gasteiger partial charge is 0.339 e. The molecule has 0 aliphatic carbocycles. The molecular weight excluding hydrogens is 374 g/mol. The lowest BCUT2D eigenvalue weighted by Gasteiger charge is -2.11. The monoisotopic (exact) mass is 391 g/mol. The number of benzene rings is 3. The van der Waals surface area contributed by atoms with Gasteiger partial charge in [-0.05, 0) is 12.1 Å². The third-order valence-electron chi connectivity index (χ3n) is 4.26. The number of carbonyl (C=O) groups excluding carboxylic acids is 2. The summed E-state index contributed by atoms with van der Waals surface area (Å²) in [5.41, 5.74) is 0.993. The van der Waals surface area contributed by atoms with Gasteiger partial charge in [0.25, 0.3) is 5.69 Å². The van der Waals surface area contributed by atoms with Crippen LogP contribution in [0, 0.1) is 10.1 Å². The topological polar surface area (TPSA) is 95.7 Å². The minimum absolute atomic E-state index is 0.116. The van der Waals surface area contributed by atoms with Crippen LogP contribution >= 0.6 is 0 Å². The first kappa shape index (κ1) is 19.8. The lowest BCUT2D eigenvalue weighted by Crippen LogP contribution is -2.13. The van der Waals surface area contributed by atoms with Crippen molar-refractivity contribution in [3.05, 3.63) is 105 Å². The zero-order valence-corrected chi connectivity index (χ0v) is 15.5. The number of hydrogen-bond donors (Lipinski definition) is 0. The highest BCUT2D eigenvalue weighted by Crippen LogP contribution is 2.25. The van der Waals surface area contributed by atoms with Crippen molar-refractivity contribution in [3.8, 4) is 5.75 Å². The fourth-order valence-corrected chi connectivity index (χ4v) is 2.82. The van der Waals surface area contributed by atoms with Crippen molar-refractivity contribution >= 4 is 17.4 Å². The Bertz CT molecular complexity index is 1060. The lowest BCUT2D eigenvalue weighted by molar-refractivity contribution is -0.385. The number of ketones is 1. The fourth-order valence-electron chi connectivity index (χ4n) is 2.82. The zero-order valence-electron chi connectivity index (χ0n) is 15.5. The zero-order chi connectivity index (χ0) is 20.8. The van der Waals surface area contributed by atoms with Gasteiger partial charge < -0.3 is 9.47 Å². The summed E-state index contributed by atoms with van der Waals surface area (Å²) >= 11 is 0. The molecule has 0 unspecified atom stereocenters. The molecule has 0 saturated carbocycles. The van der Waals surface area contributed by atoms with Gasteiger partial charge in [-0.2, -0.15) is 0 Å². The Morgan fingerprint density at radius 1 is 0.931 bits per heavy atom. The molecule has 7 heteroatoms. The van der Waals surface area contributed by atoms with Gasteiger partial charge in [0.15, 0.2) is 5.78 Å². The van der Waals surface area contributed by atoms with Crippen LogP contribution in [-0.2, 0) is 11.3 Å². The van der Waals surface area contributed by atoms with Crippen molar-refractivity contribution in [1.82, 2.24) is 0 Å². The highest BCUT2D eigenvalue weighted by molar-refractivity contribution is 6.14. The van der Waals surface area contributed by atoms with Gasteiger partial charge in [-0.15, -0.1) is 0 Å². The summed E-state index contributed by atoms with van der Waals surface area (Å²) < 4.78 is 10.5. The van der Waals surface area contributed by atoms with Crippen LogP contribution in [0.1, 0.15) is 31.8 Å². The SMILES string of the molecule is COc1ccc([N+](=O)[O-])cc1COC(=O)c1ccccc1C(=O)c1ccccc1. The van der Waals surface area contributed by atoms with E-state index < -0.39 is 10.9 Å². The van der Waals surface area contributed by atoms with Crippen LogP contribution in [0.4, 0.5) is 5.69 Å². The highest BCUT2D eigenvalue weighted by Gasteiger charge is 2.20. The van der Waals surface area contributed by atoms with Crippen molar-refractivity contribution in [1.29, 1.82) is 0 Å². The van der Waals surface area contributed by atoms with Gasteiger partial charge in [-0.1, -0.05) is 48.5 Å². The molecule has 0 radical (unpaired) electrons. The van der Waals surface area contributed by atoms with E-state index in [1.54, 1.807) is 48.5 Å². The van der Waals surface area contributed by atoms with Crippen LogP contribution in [0.25, 0.3) is 0 Å². The van der Waals surface area contributed by atoms with Crippen molar-refractivity contribution in [2.45, 2.75) is 6.61 Å². The maximum absolute atomic E-state index is 12.8. The van der Waals surface area contributed by atoms with Gasteiger partial charge in [0, 0.05) is 28.8 Å². The van der Waals surface area contributed by atoms with Crippen LogP contribution in [-0.4, -0.2) is 23.8 Å². The average Bonchev–Trinajstić information content (AvgIpc) is 2.77. The number of nitrogens with zero attached hydrogens (tertiary/aromatic N) is 1. The molecule has 3 aromatic rings. The van der Waals surface area contributed by atoms with E-state index in [9.17, 15) is 19.7 Å². The number of non-ortho nitro benzene ring substituents is 1. The summed E-state index contributed by atoms with van der Waals surface area (Å²) in [6.45, 7) is -0.239. The molecule has 29 heavy (non-hydrogen) atoms. The Balaban J connectivity index is 1.83. The molecule has 0 amide bonds. The molecule has 0 N–H and O–H groups in total. The number of esters is 1. The summed E-state index contributed by atoms with van der Waals surface area (Å²) in [5, 5.41) is 11.0. The van der Waals surface area contributed by atoms with Gasteiger partial charge >= 0.3 is 5.97 Å². The Morgan fingerprint density at radius 3 is 2.24 bits per heavy atom. The highest BCUT2D eigenvalue weighted by atomic mass is 16.6. The van der Waals surface area contributed by atoms with Crippen LogP contribution in [0.15, 0.2) is 72.8 Å². The van der Waals surface area contributed by atoms with Gasteiger partial charge in [0.1, 0.15) is 12.4 Å². The van der Waals surface area contributed by atoms with E-state index in [1.165, 1.54) is 31.4 Å². The molecule has 0 atom stereocenters. The first-order chi connectivity index (χ1) is 14.0. The maximum Gasteiger partial charge on any atom is 0.339 e. The van der Waals surface area contributed by atoms with E-state index in [1.807, 2.05) is 0 Å². The second kappa shape index (κ2) is 8.79. The summed E-state index contributed by atoms with van der Waals surface area (Å²) in [5.74, 6) is -0.651. The number of carbonyl (C=O) groups is 2. The number of ether oxygens (including phenoxy) is 2. The molecule has 146 valence electrons. The van der Waals surface area contributed by atoms with E-state index in [0.717, 1.165) is 0 Å². The predicted octanol–water partition coefficient (Wildman–Crippen LogP) is 4.19. The first-order valence-electron chi connectivity index (χ1n) is 8.68. The largest absolute Gasteiger partial charge is 0.496 e. The number of rotatable bonds is 7. The van der Waals surface area contributed by atoms with Gasteiger partial charge in [-0.25, -0.2) is 4.79 Å². The third-order valence-corrected chi connectivity index (χ3v) is 4.26. The van der Waals surface area contributed by atoms with Gasteiger partial charge in [0.2, 0.25) is 0 Å². The molecule has 0 aliphatic heterocycles. The molecule has 0 bridgehead atoms. The summed E-state index contributed by atoms with van der Waals surface area (Å²) in [4.78, 5) is 35.9. The van der Waals surface area contributed by atoms with E-state index >= 15 is 0 Å². The Kier molecular flexibility index (Phi) is 5.99. The third kappa shape index (κ3) is 4.47. The molecule has 0 heterocycles. The predicted molar refractivity (Wildman–Crippen MR) is 105 cm³/mol. The number of hydrogen-bond acceptors (Lipinski definition) is 6. The second-order valence-electron chi connectivity index (χ2n) is 6.07. The average molecular weight is 391 g/mol. The van der Waals surface area contributed by atoms with Crippen molar-refractivity contribution in [2.24, 2.45) is 0 Å². The fraction of sp³-hybridized carbons (Fsp3) is 0.0909. The molecule has 0 fully saturated rings. The van der Waals surface area contributed by atoms with E-state index in [2.05, 4.69) is 0 Å². The normalized spacial score (nSPS) is 10.2. The van der Waals surface area contributed by atoms with Gasteiger partial charge in [0.05, 0.1) is 17.6 Å². The van der Waals surface area contributed by atoms with E-state index in [0.29, 0.717) is 16.9 Å². The van der Waals surface area contributed by atoms with Crippen LogP contribution in [0.2, 0.25) is 0 Å². The minimum Gasteiger partial charge on any atom is -0.496 e.